The molecule has 0 unspecified atom stereocenters. The number of halogens is 4. The van der Waals surface area contributed by atoms with Gasteiger partial charge in [-0.1, -0.05) is 11.3 Å². The van der Waals surface area contributed by atoms with Crippen LogP contribution in [0, 0.1) is 6.92 Å². The van der Waals surface area contributed by atoms with Crippen LogP contribution in [0.2, 0.25) is 0 Å². The molecule has 0 atom stereocenters. The van der Waals surface area contributed by atoms with Crippen molar-refractivity contribution in [3.05, 3.63) is 16.9 Å². The lowest BCUT2D eigenvalue weighted by Crippen LogP contribution is -2.35. The highest BCUT2D eigenvalue weighted by molar-refractivity contribution is 7.16. The van der Waals surface area contributed by atoms with E-state index in [9.17, 15) is 22.4 Å². The van der Waals surface area contributed by atoms with Crippen molar-refractivity contribution in [2.24, 2.45) is 0 Å². The van der Waals surface area contributed by atoms with Gasteiger partial charge in [-0.15, -0.1) is 0 Å². The number of fused-ring (bicyclic) bond motifs is 1. The van der Waals surface area contributed by atoms with Crippen molar-refractivity contribution < 1.29 is 27.1 Å². The van der Waals surface area contributed by atoms with Gasteiger partial charge in [-0.3, -0.25) is 4.79 Å². The number of carbonyl (C=O) groups is 1. The zero-order valence-corrected chi connectivity index (χ0v) is 12.2. The Hall–Kier alpha value is -1.75. The Morgan fingerprint density at radius 1 is 1.55 bits per heavy atom. The summed E-state index contributed by atoms with van der Waals surface area (Å²) in [6.07, 6.45) is -2.21. The third kappa shape index (κ3) is 4.13. The van der Waals surface area contributed by atoms with Crippen LogP contribution in [-0.2, 0) is 16.1 Å². The second-order valence-electron chi connectivity index (χ2n) is 4.41. The Labute approximate surface area is 126 Å². The van der Waals surface area contributed by atoms with E-state index in [0.29, 0.717) is 10.7 Å². The standard InChI is InChI=1S/C11H12F4N4O2S/c1-6-18-19-3-7(17-10(19)22-6)2-16-8(20)4-21-5-11(14,15)9(12)13/h3,9H,2,4-5H2,1H3,(H,16,20). The molecule has 0 aliphatic carbocycles. The van der Waals surface area contributed by atoms with Crippen molar-refractivity contribution >= 4 is 22.2 Å². The lowest BCUT2D eigenvalue weighted by Gasteiger charge is -2.14. The van der Waals surface area contributed by atoms with Gasteiger partial charge in [0, 0.05) is 0 Å². The minimum absolute atomic E-state index is 0.0581. The topological polar surface area (TPSA) is 68.5 Å². The van der Waals surface area contributed by atoms with Crippen LogP contribution in [0.3, 0.4) is 0 Å². The van der Waals surface area contributed by atoms with Crippen LogP contribution < -0.4 is 5.32 Å². The van der Waals surface area contributed by atoms with Crippen LogP contribution in [0.4, 0.5) is 17.6 Å². The van der Waals surface area contributed by atoms with Crippen LogP contribution in [0.15, 0.2) is 6.20 Å². The molecule has 2 heterocycles. The van der Waals surface area contributed by atoms with Gasteiger partial charge in [0.1, 0.15) is 18.2 Å². The van der Waals surface area contributed by atoms with E-state index < -0.39 is 31.5 Å². The summed E-state index contributed by atoms with van der Waals surface area (Å²) in [5, 5.41) is 7.36. The maximum atomic E-state index is 12.5. The normalized spacial score (nSPS) is 12.3. The number of carbonyl (C=O) groups excluding carboxylic acids is 1. The molecule has 1 amide bonds. The first-order valence-corrected chi connectivity index (χ1v) is 6.91. The minimum atomic E-state index is -4.27. The van der Waals surface area contributed by atoms with E-state index in [1.165, 1.54) is 11.3 Å². The number of alkyl halides is 4. The molecule has 0 radical (unpaired) electrons. The molecule has 2 rings (SSSR count). The van der Waals surface area contributed by atoms with E-state index >= 15 is 0 Å². The average Bonchev–Trinajstić information content (AvgIpc) is 2.92. The molecule has 0 aliphatic heterocycles. The molecule has 0 aromatic carbocycles. The number of ether oxygens (including phenoxy) is 1. The van der Waals surface area contributed by atoms with Crippen LogP contribution in [-0.4, -0.2) is 46.1 Å². The van der Waals surface area contributed by atoms with Crippen molar-refractivity contribution in [1.29, 1.82) is 0 Å². The van der Waals surface area contributed by atoms with Crippen molar-refractivity contribution in [1.82, 2.24) is 19.9 Å². The molecule has 0 saturated carbocycles. The van der Waals surface area contributed by atoms with Crippen molar-refractivity contribution in [3.63, 3.8) is 0 Å². The van der Waals surface area contributed by atoms with Crippen molar-refractivity contribution in [2.75, 3.05) is 13.2 Å². The molecule has 0 aliphatic rings. The van der Waals surface area contributed by atoms with Gasteiger partial charge in [0.15, 0.2) is 0 Å². The number of amides is 1. The molecule has 0 bridgehead atoms. The third-order valence-electron chi connectivity index (χ3n) is 2.51. The van der Waals surface area contributed by atoms with Gasteiger partial charge in [-0.05, 0) is 6.92 Å². The summed E-state index contributed by atoms with van der Waals surface area (Å²) < 4.78 is 54.6. The first-order chi connectivity index (χ1) is 10.3. The van der Waals surface area contributed by atoms with Crippen LogP contribution in [0.5, 0.6) is 0 Å². The summed E-state index contributed by atoms with van der Waals surface area (Å²) in [6.45, 7) is -0.362. The second kappa shape index (κ2) is 6.57. The highest BCUT2D eigenvalue weighted by Gasteiger charge is 2.41. The molecule has 0 fully saturated rings. The quantitative estimate of drug-likeness (QED) is 0.778. The highest BCUT2D eigenvalue weighted by Crippen LogP contribution is 2.22. The summed E-state index contributed by atoms with van der Waals surface area (Å²) in [7, 11) is 0. The minimum Gasteiger partial charge on any atom is -0.365 e. The summed E-state index contributed by atoms with van der Waals surface area (Å²) in [5.74, 6) is -4.97. The molecule has 122 valence electrons. The zero-order chi connectivity index (χ0) is 16.3. The van der Waals surface area contributed by atoms with Gasteiger partial charge in [0.25, 0.3) is 0 Å². The van der Waals surface area contributed by atoms with Gasteiger partial charge in [-0.2, -0.15) is 13.9 Å². The molecule has 0 spiro atoms. The van der Waals surface area contributed by atoms with Gasteiger partial charge in [0.05, 0.1) is 18.4 Å². The summed E-state index contributed by atoms with van der Waals surface area (Å²) in [4.78, 5) is 16.2. The fraction of sp³-hybridized carbons (Fsp3) is 0.545. The monoisotopic (exact) mass is 340 g/mol. The molecule has 2 aromatic rings. The fourth-order valence-electron chi connectivity index (χ4n) is 1.51. The van der Waals surface area contributed by atoms with Crippen molar-refractivity contribution in [2.45, 2.75) is 25.8 Å². The number of aromatic nitrogens is 3. The van der Waals surface area contributed by atoms with Crippen molar-refractivity contribution in [3.8, 4) is 0 Å². The van der Waals surface area contributed by atoms with E-state index in [0.717, 1.165) is 5.01 Å². The summed E-state index contributed by atoms with van der Waals surface area (Å²) >= 11 is 1.38. The second-order valence-corrected chi connectivity index (χ2v) is 5.57. The van der Waals surface area contributed by atoms with E-state index in [2.05, 4.69) is 20.1 Å². The smallest absolute Gasteiger partial charge is 0.330 e. The average molecular weight is 340 g/mol. The van der Waals surface area contributed by atoms with E-state index in [1.54, 1.807) is 10.7 Å². The maximum absolute atomic E-state index is 12.5. The molecule has 2 aromatic heterocycles. The molecule has 11 heteroatoms. The number of imidazole rings is 1. The predicted octanol–water partition coefficient (Wildman–Crippen LogP) is 1.63. The fourth-order valence-corrected chi connectivity index (χ4v) is 2.26. The van der Waals surface area contributed by atoms with E-state index in [4.69, 9.17) is 0 Å². The van der Waals surface area contributed by atoms with Gasteiger partial charge < -0.3 is 10.1 Å². The number of rotatable bonds is 7. The van der Waals surface area contributed by atoms with Gasteiger partial charge in [-0.25, -0.2) is 18.3 Å². The predicted molar refractivity (Wildman–Crippen MR) is 69.2 cm³/mol. The summed E-state index contributed by atoms with van der Waals surface area (Å²) in [6, 6.07) is 0. The Morgan fingerprint density at radius 2 is 2.27 bits per heavy atom. The van der Waals surface area contributed by atoms with Crippen LogP contribution >= 0.6 is 11.3 Å². The number of aryl methyl sites for hydroxylation is 1. The molecular formula is C11H12F4N4O2S. The third-order valence-corrected chi connectivity index (χ3v) is 3.35. The molecule has 0 saturated heterocycles. The van der Waals surface area contributed by atoms with E-state index in [-0.39, 0.29) is 6.54 Å². The number of hydrogen-bond donors (Lipinski definition) is 1. The SMILES string of the molecule is Cc1nn2cc(CNC(=O)COCC(F)(F)C(F)F)nc2s1. The molecule has 22 heavy (non-hydrogen) atoms. The van der Waals surface area contributed by atoms with Gasteiger partial charge >= 0.3 is 12.3 Å². The lowest BCUT2D eigenvalue weighted by atomic mass is 10.4. The Balaban J connectivity index is 1.74. The Kier molecular flexibility index (Phi) is 4.96. The maximum Gasteiger partial charge on any atom is 0.330 e. The molecule has 1 N–H and O–H groups in total. The highest BCUT2D eigenvalue weighted by atomic mass is 32.1. The lowest BCUT2D eigenvalue weighted by molar-refractivity contribution is -0.168. The number of nitrogens with one attached hydrogen (secondary N) is 1. The number of nitrogens with zero attached hydrogens (tertiary/aromatic N) is 3. The first-order valence-electron chi connectivity index (χ1n) is 6.10. The molecular weight excluding hydrogens is 328 g/mol. The van der Waals surface area contributed by atoms with Crippen LogP contribution in [0.1, 0.15) is 10.7 Å². The van der Waals surface area contributed by atoms with Gasteiger partial charge in [0.2, 0.25) is 10.9 Å². The Bertz CT molecular complexity index is 626. The zero-order valence-electron chi connectivity index (χ0n) is 11.4. The summed E-state index contributed by atoms with van der Waals surface area (Å²) in [5.41, 5.74) is 0.532. The largest absolute Gasteiger partial charge is 0.365 e. The number of hydrogen-bond acceptors (Lipinski definition) is 5. The molecule has 6 nitrogen and oxygen atoms in total. The Morgan fingerprint density at radius 3 is 2.91 bits per heavy atom. The van der Waals surface area contributed by atoms with E-state index in [1.807, 2.05) is 6.92 Å². The first kappa shape index (κ1) is 16.6. The van der Waals surface area contributed by atoms with Crippen LogP contribution in [0.25, 0.3) is 4.96 Å².